The number of hydrazone groups is 1. The molecule has 1 heterocycles. The van der Waals surface area contributed by atoms with Crippen molar-refractivity contribution < 1.29 is 4.79 Å². The summed E-state index contributed by atoms with van der Waals surface area (Å²) in [6, 6.07) is 15.2. The average Bonchev–Trinajstić information content (AvgIpc) is 3.06. The molecule has 6 heteroatoms. The van der Waals surface area contributed by atoms with Gasteiger partial charge in [0.1, 0.15) is 11.5 Å². The summed E-state index contributed by atoms with van der Waals surface area (Å²) in [4.78, 5) is 15.6. The van der Waals surface area contributed by atoms with Gasteiger partial charge < -0.3 is 16.0 Å². The molecule has 6 nitrogen and oxygen atoms in total. The summed E-state index contributed by atoms with van der Waals surface area (Å²) in [7, 11) is 0. The number of hydrogen-bond donors (Lipinski definition) is 4. The Morgan fingerprint density at radius 1 is 1.19 bits per heavy atom. The van der Waals surface area contributed by atoms with Gasteiger partial charge in [-0.2, -0.15) is 5.10 Å². The molecule has 3 aromatic rings. The summed E-state index contributed by atoms with van der Waals surface area (Å²) in [5.41, 5.74) is 13.0. The highest BCUT2D eigenvalue weighted by molar-refractivity contribution is 6.06. The molecule has 0 unspecified atom stereocenters. The highest BCUT2D eigenvalue weighted by Crippen LogP contribution is 2.20. The molecule has 0 atom stereocenters. The number of carbonyl (C=O) groups excluding carboxylic acids is 1. The molecule has 0 spiro atoms. The maximum atomic E-state index is 12.5. The van der Waals surface area contributed by atoms with Crippen LogP contribution in [0.4, 0.5) is 5.69 Å². The fourth-order valence-corrected chi connectivity index (χ4v) is 2.64. The minimum absolute atomic E-state index is 0.181. The van der Waals surface area contributed by atoms with E-state index in [1.165, 1.54) is 0 Å². The van der Waals surface area contributed by atoms with Crippen molar-refractivity contribution in [3.05, 3.63) is 77.8 Å². The lowest BCUT2D eigenvalue weighted by molar-refractivity contribution is 0.102. The number of aromatic nitrogens is 1. The SMILES string of the molecule is C=C(N)N/N=C(\C)c1ccc(NC(=O)c2cc3c(C)cccc3[nH]2)cc1. The third kappa shape index (κ3) is 3.75. The van der Waals surface area contributed by atoms with Crippen LogP contribution in [0.25, 0.3) is 10.9 Å². The van der Waals surface area contributed by atoms with E-state index in [1.54, 1.807) is 0 Å². The van der Waals surface area contributed by atoms with Crippen LogP contribution >= 0.6 is 0 Å². The van der Waals surface area contributed by atoms with Crippen molar-refractivity contribution in [1.82, 2.24) is 10.4 Å². The van der Waals surface area contributed by atoms with E-state index >= 15 is 0 Å². The molecule has 132 valence electrons. The fraction of sp³-hybridized carbons (Fsp3) is 0.100. The Morgan fingerprint density at radius 2 is 1.92 bits per heavy atom. The lowest BCUT2D eigenvalue weighted by atomic mass is 10.1. The lowest BCUT2D eigenvalue weighted by Crippen LogP contribution is -2.15. The van der Waals surface area contributed by atoms with E-state index in [1.807, 2.05) is 62.4 Å². The number of nitrogens with two attached hydrogens (primary N) is 1. The number of aromatic amines is 1. The van der Waals surface area contributed by atoms with Crippen molar-refractivity contribution in [2.24, 2.45) is 10.8 Å². The van der Waals surface area contributed by atoms with E-state index in [0.717, 1.165) is 27.7 Å². The molecule has 3 rings (SSSR count). The second kappa shape index (κ2) is 7.14. The van der Waals surface area contributed by atoms with Crippen LogP contribution in [0.2, 0.25) is 0 Å². The van der Waals surface area contributed by atoms with Crippen LogP contribution in [0.1, 0.15) is 28.5 Å². The van der Waals surface area contributed by atoms with Crippen molar-refractivity contribution in [3.8, 4) is 0 Å². The molecule has 1 amide bonds. The van der Waals surface area contributed by atoms with Crippen molar-refractivity contribution in [3.63, 3.8) is 0 Å². The largest absolute Gasteiger partial charge is 0.385 e. The molecular formula is C20H21N5O. The molecular weight excluding hydrogens is 326 g/mol. The first-order valence-electron chi connectivity index (χ1n) is 8.19. The Morgan fingerprint density at radius 3 is 2.58 bits per heavy atom. The topological polar surface area (TPSA) is 95.3 Å². The Bertz CT molecular complexity index is 999. The van der Waals surface area contributed by atoms with E-state index in [9.17, 15) is 4.79 Å². The molecule has 26 heavy (non-hydrogen) atoms. The zero-order valence-corrected chi connectivity index (χ0v) is 14.8. The average molecular weight is 347 g/mol. The van der Waals surface area contributed by atoms with Crippen LogP contribution in [0.3, 0.4) is 0 Å². The van der Waals surface area contributed by atoms with Crippen molar-refractivity contribution in [1.29, 1.82) is 0 Å². The van der Waals surface area contributed by atoms with Gasteiger partial charge in [-0.3, -0.25) is 10.2 Å². The van der Waals surface area contributed by atoms with Crippen molar-refractivity contribution >= 4 is 28.2 Å². The summed E-state index contributed by atoms with van der Waals surface area (Å²) in [6.45, 7) is 7.41. The van der Waals surface area contributed by atoms with Gasteiger partial charge in [-0.05, 0) is 49.2 Å². The molecule has 0 aliphatic heterocycles. The molecule has 0 saturated carbocycles. The minimum Gasteiger partial charge on any atom is -0.385 e. The predicted octanol–water partition coefficient (Wildman–Crippen LogP) is 3.47. The third-order valence-corrected chi connectivity index (χ3v) is 4.05. The van der Waals surface area contributed by atoms with Gasteiger partial charge in [0, 0.05) is 16.6 Å². The summed E-state index contributed by atoms with van der Waals surface area (Å²) < 4.78 is 0. The number of anilines is 1. The maximum absolute atomic E-state index is 12.5. The molecule has 0 fully saturated rings. The number of fused-ring (bicyclic) bond motifs is 1. The molecule has 0 saturated heterocycles. The van der Waals surface area contributed by atoms with Crippen molar-refractivity contribution in [2.45, 2.75) is 13.8 Å². The van der Waals surface area contributed by atoms with Gasteiger partial charge in [-0.1, -0.05) is 30.8 Å². The number of carbonyl (C=O) groups is 1. The first kappa shape index (κ1) is 17.3. The third-order valence-electron chi connectivity index (χ3n) is 4.05. The second-order valence-electron chi connectivity index (χ2n) is 6.08. The van der Waals surface area contributed by atoms with Crippen molar-refractivity contribution in [2.75, 3.05) is 5.32 Å². The number of nitrogens with zero attached hydrogens (tertiary/aromatic N) is 1. The zero-order chi connectivity index (χ0) is 18.7. The molecule has 1 aromatic heterocycles. The Balaban J connectivity index is 1.74. The first-order valence-corrected chi connectivity index (χ1v) is 8.19. The molecule has 5 N–H and O–H groups in total. The maximum Gasteiger partial charge on any atom is 0.272 e. The summed E-state index contributed by atoms with van der Waals surface area (Å²) in [5, 5.41) is 8.06. The van der Waals surface area contributed by atoms with E-state index in [2.05, 4.69) is 27.4 Å². The molecule has 0 bridgehead atoms. The van der Waals surface area contributed by atoms with Gasteiger partial charge >= 0.3 is 0 Å². The van der Waals surface area contributed by atoms with Gasteiger partial charge in [0.2, 0.25) is 0 Å². The number of benzene rings is 2. The highest BCUT2D eigenvalue weighted by atomic mass is 16.1. The fourth-order valence-electron chi connectivity index (χ4n) is 2.64. The Kier molecular flexibility index (Phi) is 4.75. The summed E-state index contributed by atoms with van der Waals surface area (Å²) in [6.07, 6.45) is 0. The van der Waals surface area contributed by atoms with Crippen LogP contribution in [-0.4, -0.2) is 16.6 Å². The smallest absolute Gasteiger partial charge is 0.272 e. The Hall–Kier alpha value is -3.54. The van der Waals surface area contributed by atoms with E-state index in [0.29, 0.717) is 11.4 Å². The number of H-pyrrole nitrogens is 1. The van der Waals surface area contributed by atoms with E-state index < -0.39 is 0 Å². The molecule has 0 aliphatic carbocycles. The molecule has 0 radical (unpaired) electrons. The Labute approximate surface area is 151 Å². The van der Waals surface area contributed by atoms with Crippen LogP contribution < -0.4 is 16.5 Å². The summed E-state index contributed by atoms with van der Waals surface area (Å²) >= 11 is 0. The number of nitrogens with one attached hydrogen (secondary N) is 3. The number of hydrogen-bond acceptors (Lipinski definition) is 4. The van der Waals surface area contributed by atoms with Crippen LogP contribution in [0, 0.1) is 6.92 Å². The van der Waals surface area contributed by atoms with Gasteiger partial charge in [0.15, 0.2) is 0 Å². The first-order chi connectivity index (χ1) is 12.4. The molecule has 0 aliphatic rings. The highest BCUT2D eigenvalue weighted by Gasteiger charge is 2.11. The van der Waals surface area contributed by atoms with E-state index in [-0.39, 0.29) is 11.7 Å². The summed E-state index contributed by atoms with van der Waals surface area (Å²) in [5.74, 6) is 0.0987. The monoisotopic (exact) mass is 347 g/mol. The predicted molar refractivity (Wildman–Crippen MR) is 106 cm³/mol. The van der Waals surface area contributed by atoms with Crippen LogP contribution in [0.5, 0.6) is 0 Å². The normalized spacial score (nSPS) is 11.4. The standard InChI is InChI=1S/C20H21N5O/c1-12-5-4-6-18-17(12)11-19(23-18)20(26)22-16-9-7-15(8-10-16)13(2)24-25-14(3)21/h4-11,23,25H,3,21H2,1-2H3,(H,22,26)/b24-13+. The van der Waals surface area contributed by atoms with E-state index in [4.69, 9.17) is 5.73 Å². The number of rotatable bonds is 5. The quantitative estimate of drug-likeness (QED) is 0.420. The zero-order valence-electron chi connectivity index (χ0n) is 14.8. The van der Waals surface area contributed by atoms with Gasteiger partial charge in [0.05, 0.1) is 5.71 Å². The second-order valence-corrected chi connectivity index (χ2v) is 6.08. The van der Waals surface area contributed by atoms with Gasteiger partial charge in [-0.15, -0.1) is 0 Å². The van der Waals surface area contributed by atoms with Crippen LogP contribution in [-0.2, 0) is 0 Å². The van der Waals surface area contributed by atoms with Crippen LogP contribution in [0.15, 0.2) is 66.0 Å². The minimum atomic E-state index is -0.181. The van der Waals surface area contributed by atoms with Gasteiger partial charge in [0.25, 0.3) is 5.91 Å². The number of amides is 1. The lowest BCUT2D eigenvalue weighted by Gasteiger charge is -2.06. The molecule has 2 aromatic carbocycles. The number of aryl methyl sites for hydroxylation is 1. The van der Waals surface area contributed by atoms with Gasteiger partial charge in [-0.25, -0.2) is 0 Å².